The predicted molar refractivity (Wildman–Crippen MR) is 62.1 cm³/mol. The normalized spacial score (nSPS) is 10.7. The third kappa shape index (κ3) is 1.69. The number of aliphatic hydroxyl groups excluding tert-OH is 1. The molecular weight excluding hydrogens is 192 g/mol. The van der Waals surface area contributed by atoms with Gasteiger partial charge in [0, 0.05) is 11.6 Å². The van der Waals surface area contributed by atoms with Crippen LogP contribution >= 0.6 is 0 Å². The predicted octanol–water partition coefficient (Wildman–Crippen LogP) is 0.342. The van der Waals surface area contributed by atoms with Crippen molar-refractivity contribution in [1.29, 1.82) is 0 Å². The fourth-order valence-electron chi connectivity index (χ4n) is 1.52. The Morgan fingerprint density at radius 2 is 2.00 bits per heavy atom. The Balaban J connectivity index is 2.45. The zero-order chi connectivity index (χ0) is 10.8. The fourth-order valence-corrected chi connectivity index (χ4v) is 1.52. The van der Waals surface area contributed by atoms with Gasteiger partial charge in [-0.2, -0.15) is 0 Å². The summed E-state index contributed by atoms with van der Waals surface area (Å²) in [4.78, 5) is 0. The number of hydrogen-bond acceptors (Lipinski definition) is 4. The van der Waals surface area contributed by atoms with Gasteiger partial charge in [-0.05, 0) is 18.2 Å². The average Bonchev–Trinajstić information content (AvgIpc) is 2.59. The van der Waals surface area contributed by atoms with Crippen LogP contribution in [-0.4, -0.2) is 22.9 Å². The Morgan fingerprint density at radius 1 is 1.27 bits per heavy atom. The summed E-state index contributed by atoms with van der Waals surface area (Å²) in [5, 5.41) is 9.74. The molecule has 15 heavy (non-hydrogen) atoms. The number of nitrogens with two attached hydrogens (primary N) is 2. The van der Waals surface area contributed by atoms with Gasteiger partial charge in [0.1, 0.15) is 0 Å². The van der Waals surface area contributed by atoms with Gasteiger partial charge in [0.2, 0.25) is 0 Å². The molecule has 1 heterocycles. The van der Waals surface area contributed by atoms with Gasteiger partial charge in [-0.3, -0.25) is 4.68 Å². The molecule has 0 saturated heterocycles. The first-order chi connectivity index (χ1) is 7.22. The molecule has 1 aromatic carbocycles. The summed E-state index contributed by atoms with van der Waals surface area (Å²) in [6.07, 6.45) is 1.87. The van der Waals surface area contributed by atoms with Crippen molar-refractivity contribution in [1.82, 2.24) is 4.68 Å². The topological polar surface area (TPSA) is 89.2 Å². The van der Waals surface area contributed by atoms with E-state index < -0.39 is 0 Å². The number of anilines is 2. The van der Waals surface area contributed by atoms with Crippen LogP contribution in [0.5, 0.6) is 0 Å². The van der Waals surface area contributed by atoms with Crippen molar-refractivity contribution in [2.45, 2.75) is 0 Å². The Labute approximate surface area is 87.3 Å². The summed E-state index contributed by atoms with van der Waals surface area (Å²) in [6, 6.07) is 5.59. The molecule has 0 atom stereocenters. The Bertz CT molecular complexity index is 477. The van der Waals surface area contributed by atoms with Crippen LogP contribution in [0.4, 0.5) is 11.4 Å². The number of nitrogen functional groups attached to an aromatic ring is 2. The van der Waals surface area contributed by atoms with Crippen LogP contribution in [0.3, 0.4) is 0 Å². The SMILES string of the molecule is Nc1cc2ccn(NCCO)c2cc1N. The van der Waals surface area contributed by atoms with Crippen molar-refractivity contribution in [2.24, 2.45) is 0 Å². The van der Waals surface area contributed by atoms with E-state index >= 15 is 0 Å². The first kappa shape index (κ1) is 9.67. The van der Waals surface area contributed by atoms with E-state index in [1.54, 1.807) is 0 Å². The summed E-state index contributed by atoms with van der Waals surface area (Å²) in [5.41, 5.74) is 16.6. The Morgan fingerprint density at radius 3 is 2.73 bits per heavy atom. The lowest BCUT2D eigenvalue weighted by atomic mass is 10.2. The van der Waals surface area contributed by atoms with Crippen LogP contribution < -0.4 is 16.9 Å². The van der Waals surface area contributed by atoms with E-state index in [0.29, 0.717) is 17.9 Å². The maximum absolute atomic E-state index is 8.72. The quantitative estimate of drug-likeness (QED) is 0.545. The largest absolute Gasteiger partial charge is 0.397 e. The van der Waals surface area contributed by atoms with E-state index in [1.165, 1.54) is 0 Å². The lowest BCUT2D eigenvalue weighted by molar-refractivity contribution is 0.307. The second-order valence-electron chi connectivity index (χ2n) is 3.36. The van der Waals surface area contributed by atoms with Gasteiger partial charge in [-0.15, -0.1) is 0 Å². The van der Waals surface area contributed by atoms with Crippen molar-refractivity contribution in [2.75, 3.05) is 30.0 Å². The summed E-state index contributed by atoms with van der Waals surface area (Å²) < 4.78 is 1.82. The van der Waals surface area contributed by atoms with Gasteiger partial charge in [0.25, 0.3) is 0 Å². The molecule has 0 unspecified atom stereocenters. The molecule has 80 valence electrons. The summed E-state index contributed by atoms with van der Waals surface area (Å²) in [6.45, 7) is 0.582. The second kappa shape index (κ2) is 3.70. The van der Waals surface area contributed by atoms with E-state index in [2.05, 4.69) is 5.43 Å². The number of aliphatic hydroxyl groups is 1. The molecule has 1 aromatic heterocycles. The van der Waals surface area contributed by atoms with Crippen molar-refractivity contribution in [3.05, 3.63) is 24.4 Å². The lowest BCUT2D eigenvalue weighted by Gasteiger charge is -2.08. The van der Waals surface area contributed by atoms with E-state index in [1.807, 2.05) is 29.1 Å². The van der Waals surface area contributed by atoms with Gasteiger partial charge >= 0.3 is 0 Å². The highest BCUT2D eigenvalue weighted by Gasteiger charge is 2.03. The van der Waals surface area contributed by atoms with E-state index in [0.717, 1.165) is 10.9 Å². The van der Waals surface area contributed by atoms with E-state index in [9.17, 15) is 0 Å². The van der Waals surface area contributed by atoms with Crippen LogP contribution in [0.1, 0.15) is 0 Å². The van der Waals surface area contributed by atoms with Crippen LogP contribution in [0.25, 0.3) is 10.9 Å². The van der Waals surface area contributed by atoms with Gasteiger partial charge in [-0.25, -0.2) is 0 Å². The monoisotopic (exact) mass is 206 g/mol. The lowest BCUT2D eigenvalue weighted by Crippen LogP contribution is -2.17. The first-order valence-corrected chi connectivity index (χ1v) is 4.73. The highest BCUT2D eigenvalue weighted by Crippen LogP contribution is 2.23. The average molecular weight is 206 g/mol. The summed E-state index contributed by atoms with van der Waals surface area (Å²) in [7, 11) is 0. The Hall–Kier alpha value is -1.88. The molecule has 0 spiro atoms. The molecule has 5 nitrogen and oxygen atoms in total. The maximum Gasteiger partial charge on any atom is 0.0714 e. The zero-order valence-corrected chi connectivity index (χ0v) is 8.27. The summed E-state index contributed by atoms with van der Waals surface area (Å²) in [5.74, 6) is 0. The number of benzene rings is 1. The molecular formula is C10H14N4O. The van der Waals surface area contributed by atoms with Crippen molar-refractivity contribution >= 4 is 22.3 Å². The van der Waals surface area contributed by atoms with Gasteiger partial charge < -0.3 is 22.0 Å². The minimum atomic E-state index is 0.0874. The molecule has 0 aliphatic rings. The number of aromatic nitrogens is 1. The van der Waals surface area contributed by atoms with Crippen molar-refractivity contribution in [3.63, 3.8) is 0 Å². The molecule has 0 radical (unpaired) electrons. The minimum absolute atomic E-state index is 0.0874. The highest BCUT2D eigenvalue weighted by atomic mass is 16.3. The molecule has 0 aliphatic carbocycles. The Kier molecular flexibility index (Phi) is 2.39. The molecule has 0 aliphatic heterocycles. The number of nitrogens with zero attached hydrogens (tertiary/aromatic N) is 1. The third-order valence-electron chi connectivity index (χ3n) is 2.29. The van der Waals surface area contributed by atoms with Gasteiger partial charge in [0.05, 0.1) is 30.0 Å². The smallest absolute Gasteiger partial charge is 0.0714 e. The van der Waals surface area contributed by atoms with Crippen LogP contribution in [0.2, 0.25) is 0 Å². The fraction of sp³-hybridized carbons (Fsp3) is 0.200. The van der Waals surface area contributed by atoms with Gasteiger partial charge in [-0.1, -0.05) is 0 Å². The second-order valence-corrected chi connectivity index (χ2v) is 3.36. The number of fused-ring (bicyclic) bond motifs is 1. The minimum Gasteiger partial charge on any atom is -0.397 e. The van der Waals surface area contributed by atoms with Crippen LogP contribution in [0.15, 0.2) is 24.4 Å². The number of nitrogens with one attached hydrogen (secondary N) is 1. The number of rotatable bonds is 3. The maximum atomic E-state index is 8.72. The van der Waals surface area contributed by atoms with Crippen LogP contribution in [-0.2, 0) is 0 Å². The van der Waals surface area contributed by atoms with Crippen LogP contribution in [0, 0.1) is 0 Å². The summed E-state index contributed by atoms with van der Waals surface area (Å²) >= 11 is 0. The molecule has 0 saturated carbocycles. The molecule has 5 heteroatoms. The standard InChI is InChI=1S/C10H14N4O/c11-8-5-7-1-3-14(13-2-4-15)10(7)6-9(8)12/h1,3,5-6,13,15H,2,4,11-12H2. The zero-order valence-electron chi connectivity index (χ0n) is 8.27. The van der Waals surface area contributed by atoms with E-state index in [4.69, 9.17) is 16.6 Å². The first-order valence-electron chi connectivity index (χ1n) is 4.73. The molecule has 2 aromatic rings. The van der Waals surface area contributed by atoms with E-state index in [-0.39, 0.29) is 6.61 Å². The molecule has 2 rings (SSSR count). The molecule has 0 amide bonds. The van der Waals surface area contributed by atoms with Gasteiger partial charge in [0.15, 0.2) is 0 Å². The van der Waals surface area contributed by atoms with Crippen molar-refractivity contribution < 1.29 is 5.11 Å². The third-order valence-corrected chi connectivity index (χ3v) is 2.29. The molecule has 0 fully saturated rings. The molecule has 0 bridgehead atoms. The number of hydrogen-bond donors (Lipinski definition) is 4. The highest BCUT2D eigenvalue weighted by molar-refractivity contribution is 5.89. The molecule has 6 N–H and O–H groups in total. The van der Waals surface area contributed by atoms with Crippen molar-refractivity contribution in [3.8, 4) is 0 Å².